The number of alkyl halides is 1. The number of carbonyl (C=O) groups is 1. The summed E-state index contributed by atoms with van der Waals surface area (Å²) in [7, 11) is 1.20. The van der Waals surface area contributed by atoms with Crippen molar-refractivity contribution in [2.75, 3.05) is 13.6 Å². The maximum atomic E-state index is 13.2. The first-order valence-corrected chi connectivity index (χ1v) is 3.51. The lowest BCUT2D eigenvalue weighted by Crippen LogP contribution is -2.46. The van der Waals surface area contributed by atoms with E-state index in [1.807, 2.05) is 5.32 Å². The van der Waals surface area contributed by atoms with Gasteiger partial charge in [0.05, 0.1) is 0 Å². The average molecular weight is 182 g/mol. The van der Waals surface area contributed by atoms with Crippen molar-refractivity contribution in [3.8, 4) is 0 Å². The fourth-order valence-corrected chi connectivity index (χ4v) is 0.736. The first kappa shape index (κ1) is 11.2. The first-order chi connectivity index (χ1) is 5.60. The normalized spacial score (nSPS) is 15.3. The summed E-state index contributed by atoms with van der Waals surface area (Å²) in [5, 5.41) is 2.03. The van der Waals surface area contributed by atoms with Crippen molar-refractivity contribution >= 4 is 5.97 Å². The molecule has 0 radical (unpaired) electrons. The average Bonchev–Trinajstić information content (AvgIpc) is 2.12. The predicted molar refractivity (Wildman–Crippen MR) is 38.4 cm³/mol. The predicted octanol–water partition coefficient (Wildman–Crippen LogP) is 0.0382. The molecular weight excluding hydrogens is 170 g/mol. The van der Waals surface area contributed by atoms with Crippen LogP contribution < -0.4 is 11.1 Å². The maximum Gasteiger partial charge on any atom is 0.400 e. The molecule has 0 heterocycles. The molecule has 0 aromatic heterocycles. The van der Waals surface area contributed by atoms with Crippen molar-refractivity contribution < 1.29 is 18.7 Å². The van der Waals surface area contributed by atoms with Crippen molar-refractivity contribution in [2.45, 2.75) is 18.6 Å². The van der Waals surface area contributed by atoms with Crippen molar-refractivity contribution in [3.05, 3.63) is 0 Å². The van der Waals surface area contributed by atoms with Gasteiger partial charge in [-0.15, -0.1) is 0 Å². The Bertz CT molecular complexity index is 156. The number of nitrogens with one attached hydrogen (secondary N) is 1. The number of rotatable bonds is 5. The molecule has 0 fully saturated rings. The largest absolute Gasteiger partial charge is 0.400 e. The highest BCUT2D eigenvalue weighted by atomic mass is 19.3. The molecule has 6 heteroatoms. The van der Waals surface area contributed by atoms with Crippen LogP contribution >= 0.6 is 0 Å². The van der Waals surface area contributed by atoms with Crippen LogP contribution in [0.2, 0.25) is 0 Å². The number of halogens is 2. The van der Waals surface area contributed by atoms with E-state index in [-0.39, 0.29) is 19.4 Å². The van der Waals surface area contributed by atoms with Crippen molar-refractivity contribution in [1.82, 2.24) is 5.32 Å². The van der Waals surface area contributed by atoms with Crippen LogP contribution in [0.25, 0.3) is 0 Å². The molecule has 0 spiro atoms. The van der Waals surface area contributed by atoms with Crippen LogP contribution in [0.4, 0.5) is 8.92 Å². The summed E-state index contributed by atoms with van der Waals surface area (Å²) in [4.78, 5) is 13.3. The molecule has 12 heavy (non-hydrogen) atoms. The van der Waals surface area contributed by atoms with E-state index >= 15 is 0 Å². The van der Waals surface area contributed by atoms with Gasteiger partial charge in [0.15, 0.2) is 0 Å². The second kappa shape index (κ2) is 5.00. The lowest BCUT2D eigenvalue weighted by atomic mass is 10.1. The smallest absolute Gasteiger partial charge is 0.330 e. The molecule has 0 aliphatic heterocycles. The van der Waals surface area contributed by atoms with Gasteiger partial charge in [0.1, 0.15) is 0 Å². The molecular formula is C6H12F2N2O2. The third kappa shape index (κ3) is 2.71. The summed E-state index contributed by atoms with van der Waals surface area (Å²) in [6.07, 6.45) is 0.0647. The lowest BCUT2D eigenvalue weighted by Gasteiger charge is -2.19. The molecule has 0 aromatic carbocycles. The highest BCUT2D eigenvalue weighted by Crippen LogP contribution is 2.16. The van der Waals surface area contributed by atoms with E-state index in [9.17, 15) is 13.7 Å². The van der Waals surface area contributed by atoms with Crippen LogP contribution in [-0.2, 0) is 9.74 Å². The highest BCUT2D eigenvalue weighted by Gasteiger charge is 2.39. The minimum absolute atomic E-state index is 0.206. The minimum Gasteiger partial charge on any atom is -0.330 e. The van der Waals surface area contributed by atoms with E-state index in [0.717, 1.165) is 0 Å². The molecule has 3 N–H and O–H groups in total. The monoisotopic (exact) mass is 182 g/mol. The molecule has 0 bridgehead atoms. The van der Waals surface area contributed by atoms with Gasteiger partial charge in [0.2, 0.25) is 0 Å². The molecule has 1 atom stereocenters. The summed E-state index contributed by atoms with van der Waals surface area (Å²) in [5.74, 6) is -4.04. The van der Waals surface area contributed by atoms with Crippen LogP contribution in [0.15, 0.2) is 0 Å². The van der Waals surface area contributed by atoms with Gasteiger partial charge < -0.3 is 5.73 Å². The van der Waals surface area contributed by atoms with Gasteiger partial charge in [0.25, 0.3) is 5.79 Å². The zero-order valence-electron chi connectivity index (χ0n) is 6.77. The van der Waals surface area contributed by atoms with E-state index in [0.29, 0.717) is 0 Å². The molecule has 0 amide bonds. The standard InChI is InChI=1S/C6H12F2N2O2/c1-10-6(7,3-2-4-9)5(11)12-8/h10H,2-4,9H2,1H3/t6-/m0/s1. The maximum absolute atomic E-state index is 13.2. The Hall–Kier alpha value is -0.750. The first-order valence-electron chi connectivity index (χ1n) is 3.51. The van der Waals surface area contributed by atoms with Crippen molar-refractivity contribution in [2.24, 2.45) is 5.73 Å². The Balaban J connectivity index is 4.13. The summed E-state index contributed by atoms with van der Waals surface area (Å²) in [6, 6.07) is 0. The third-order valence-corrected chi connectivity index (χ3v) is 1.52. The summed E-state index contributed by atoms with van der Waals surface area (Å²) < 4.78 is 24.6. The summed E-state index contributed by atoms with van der Waals surface area (Å²) in [5.41, 5.74) is 5.09. The Morgan fingerprint density at radius 3 is 2.67 bits per heavy atom. The van der Waals surface area contributed by atoms with E-state index in [1.54, 1.807) is 0 Å². The fourth-order valence-electron chi connectivity index (χ4n) is 0.736. The molecule has 0 aliphatic rings. The Labute approximate surface area is 69.0 Å². The van der Waals surface area contributed by atoms with Gasteiger partial charge >= 0.3 is 5.97 Å². The van der Waals surface area contributed by atoms with Crippen LogP contribution in [0.3, 0.4) is 0 Å². The second-order valence-corrected chi connectivity index (χ2v) is 2.31. The van der Waals surface area contributed by atoms with Crippen molar-refractivity contribution in [1.29, 1.82) is 0 Å². The minimum atomic E-state index is -2.46. The molecule has 0 saturated carbocycles. The van der Waals surface area contributed by atoms with Gasteiger partial charge in [-0.2, -0.15) is 0 Å². The molecule has 0 aromatic rings. The van der Waals surface area contributed by atoms with Crippen molar-refractivity contribution in [3.63, 3.8) is 0 Å². The molecule has 0 saturated heterocycles. The highest BCUT2D eigenvalue weighted by molar-refractivity contribution is 5.78. The van der Waals surface area contributed by atoms with Crippen LogP contribution in [0, 0.1) is 0 Å². The fraction of sp³-hybridized carbons (Fsp3) is 0.833. The molecule has 0 rings (SSSR count). The Kier molecular flexibility index (Phi) is 4.68. The number of hydrogen-bond acceptors (Lipinski definition) is 4. The topological polar surface area (TPSA) is 64.3 Å². The number of carbonyl (C=O) groups excluding carboxylic acids is 1. The number of likely N-dealkylation sites (N-methyl/N-ethyl adjacent to an activating group) is 1. The second-order valence-electron chi connectivity index (χ2n) is 2.31. The molecule has 0 aliphatic carbocycles. The van der Waals surface area contributed by atoms with Gasteiger partial charge in [-0.05, 0) is 20.0 Å². The van der Waals surface area contributed by atoms with Gasteiger partial charge in [-0.1, -0.05) is 0 Å². The number of nitrogens with two attached hydrogens (primary N) is 1. The van der Waals surface area contributed by atoms with Crippen LogP contribution in [-0.4, -0.2) is 25.4 Å². The lowest BCUT2D eigenvalue weighted by molar-refractivity contribution is -0.201. The third-order valence-electron chi connectivity index (χ3n) is 1.52. The van der Waals surface area contributed by atoms with Gasteiger partial charge in [-0.25, -0.2) is 14.1 Å². The Morgan fingerprint density at radius 1 is 1.75 bits per heavy atom. The van der Waals surface area contributed by atoms with Crippen LogP contribution in [0.1, 0.15) is 12.8 Å². The summed E-state index contributed by atoms with van der Waals surface area (Å²) >= 11 is 0. The zero-order chi connectivity index (χ0) is 9.61. The summed E-state index contributed by atoms with van der Waals surface area (Å²) in [6.45, 7) is 0.229. The van der Waals surface area contributed by atoms with Crippen LogP contribution in [0.5, 0.6) is 0 Å². The van der Waals surface area contributed by atoms with E-state index in [4.69, 9.17) is 5.73 Å². The van der Waals surface area contributed by atoms with E-state index in [1.165, 1.54) is 7.05 Å². The van der Waals surface area contributed by atoms with Gasteiger partial charge in [0, 0.05) is 10.9 Å². The van der Waals surface area contributed by atoms with E-state index in [2.05, 4.69) is 4.94 Å². The molecule has 0 unspecified atom stereocenters. The number of hydrogen-bond donors (Lipinski definition) is 2. The SMILES string of the molecule is CN[C@@](F)(CCCN)C(=O)OF. The quantitative estimate of drug-likeness (QED) is 0.589. The van der Waals surface area contributed by atoms with Gasteiger partial charge in [-0.3, -0.25) is 5.32 Å². The Morgan fingerprint density at radius 2 is 2.33 bits per heavy atom. The molecule has 4 nitrogen and oxygen atoms in total. The molecule has 72 valence electrons. The zero-order valence-corrected chi connectivity index (χ0v) is 6.77. The van der Waals surface area contributed by atoms with E-state index < -0.39 is 11.8 Å².